The first kappa shape index (κ1) is 15.9. The summed E-state index contributed by atoms with van der Waals surface area (Å²) >= 11 is 0. The molecule has 0 fully saturated rings. The minimum atomic E-state index is -1.85. The summed E-state index contributed by atoms with van der Waals surface area (Å²) in [6, 6.07) is -0.996. The number of aliphatic hydroxyl groups is 4. The maximum atomic E-state index is 11.1. The van der Waals surface area contributed by atoms with E-state index < -0.39 is 43.0 Å². The molecular formula is C9H17NO7. The van der Waals surface area contributed by atoms with Crippen molar-refractivity contribution in [1.82, 2.24) is 0 Å². The third-order valence-corrected chi connectivity index (χ3v) is 2.03. The van der Waals surface area contributed by atoms with E-state index in [0.717, 1.165) is 0 Å². The van der Waals surface area contributed by atoms with Gasteiger partial charge in [-0.15, -0.1) is 0 Å². The van der Waals surface area contributed by atoms with Crippen LogP contribution < -0.4 is 5.73 Å². The number of rotatable bonds is 7. The minimum absolute atomic E-state index is 0.0955. The van der Waals surface area contributed by atoms with Crippen molar-refractivity contribution in [3.8, 4) is 0 Å². The number of carbonyl (C=O) groups excluding carboxylic acids is 2. The van der Waals surface area contributed by atoms with Gasteiger partial charge in [0.05, 0.1) is 6.61 Å². The summed E-state index contributed by atoms with van der Waals surface area (Å²) in [5, 5.41) is 36.3. The Kier molecular flexibility index (Phi) is 6.85. The normalized spacial score (nSPS) is 19.9. The number of aldehydes is 1. The zero-order valence-corrected chi connectivity index (χ0v) is 9.26. The van der Waals surface area contributed by atoms with E-state index in [1.807, 2.05) is 0 Å². The quantitative estimate of drug-likeness (QED) is 0.231. The summed E-state index contributed by atoms with van der Waals surface area (Å²) in [5.74, 6) is -0.938. The van der Waals surface area contributed by atoms with E-state index in [0.29, 0.717) is 0 Å². The van der Waals surface area contributed by atoms with Gasteiger partial charge in [-0.3, -0.25) is 9.59 Å². The molecule has 0 aromatic rings. The molecule has 0 aliphatic rings. The summed E-state index contributed by atoms with van der Waals surface area (Å²) in [5.41, 5.74) is 5.18. The molecule has 0 aromatic carbocycles. The van der Waals surface area contributed by atoms with Crippen LogP contribution >= 0.6 is 0 Å². The maximum Gasteiger partial charge on any atom is 0.323 e. The third-order valence-electron chi connectivity index (χ3n) is 2.03. The number of nitrogens with two attached hydrogens (primary N) is 1. The van der Waals surface area contributed by atoms with E-state index in [1.54, 1.807) is 0 Å². The number of hydrogen-bond donors (Lipinski definition) is 5. The van der Waals surface area contributed by atoms with E-state index in [4.69, 9.17) is 15.9 Å². The van der Waals surface area contributed by atoms with E-state index in [1.165, 1.54) is 6.92 Å². The number of esters is 1. The second-order valence-corrected chi connectivity index (χ2v) is 3.56. The SMILES string of the molecule is CC(N)C(=O)OC(C=O)C(O)C(O)C(O)CO. The van der Waals surface area contributed by atoms with Crippen molar-refractivity contribution in [3.63, 3.8) is 0 Å². The predicted octanol–water partition coefficient (Wildman–Crippen LogP) is -3.48. The van der Waals surface area contributed by atoms with Crippen LogP contribution in [0.15, 0.2) is 0 Å². The van der Waals surface area contributed by atoms with Gasteiger partial charge in [0.25, 0.3) is 0 Å². The first-order chi connectivity index (χ1) is 7.84. The highest BCUT2D eigenvalue weighted by molar-refractivity contribution is 5.77. The van der Waals surface area contributed by atoms with Gasteiger partial charge < -0.3 is 30.9 Å². The molecule has 8 heteroatoms. The summed E-state index contributed by atoms with van der Waals surface area (Å²) in [6.07, 6.45) is -6.89. The van der Waals surface area contributed by atoms with Crippen molar-refractivity contribution in [2.24, 2.45) is 5.73 Å². The molecule has 5 atom stereocenters. The highest BCUT2D eigenvalue weighted by Crippen LogP contribution is 2.07. The monoisotopic (exact) mass is 251 g/mol. The molecule has 0 aliphatic heterocycles. The average molecular weight is 251 g/mol. The van der Waals surface area contributed by atoms with E-state index >= 15 is 0 Å². The molecule has 0 bridgehead atoms. The lowest BCUT2D eigenvalue weighted by molar-refractivity contribution is -0.168. The Labute approximate surface area is 97.6 Å². The molecule has 17 heavy (non-hydrogen) atoms. The smallest absolute Gasteiger partial charge is 0.323 e. The topological polar surface area (TPSA) is 150 Å². The minimum Gasteiger partial charge on any atom is -0.451 e. The van der Waals surface area contributed by atoms with E-state index in [-0.39, 0.29) is 6.29 Å². The van der Waals surface area contributed by atoms with E-state index in [9.17, 15) is 19.8 Å². The predicted molar refractivity (Wildman–Crippen MR) is 54.7 cm³/mol. The molecule has 0 spiro atoms. The second-order valence-electron chi connectivity index (χ2n) is 3.56. The standard InChI is InChI=1S/C9H17NO7/c1-4(10)9(16)17-6(3-12)8(15)7(14)5(13)2-11/h3-8,11,13-15H,2,10H2,1H3. The summed E-state index contributed by atoms with van der Waals surface area (Å²) < 4.78 is 4.50. The van der Waals surface area contributed by atoms with Gasteiger partial charge in [-0.05, 0) is 6.92 Å². The van der Waals surface area contributed by atoms with Crippen molar-refractivity contribution in [1.29, 1.82) is 0 Å². The van der Waals surface area contributed by atoms with Gasteiger partial charge in [-0.25, -0.2) is 0 Å². The van der Waals surface area contributed by atoms with Crippen molar-refractivity contribution in [3.05, 3.63) is 0 Å². The van der Waals surface area contributed by atoms with E-state index in [2.05, 4.69) is 4.74 Å². The van der Waals surface area contributed by atoms with Gasteiger partial charge in [-0.2, -0.15) is 0 Å². The summed E-state index contributed by atoms with van der Waals surface area (Å²) in [7, 11) is 0. The Morgan fingerprint density at radius 3 is 2.24 bits per heavy atom. The molecule has 0 rings (SSSR count). The Hall–Kier alpha value is -1.06. The molecule has 0 heterocycles. The van der Waals surface area contributed by atoms with Crippen molar-refractivity contribution < 1.29 is 34.8 Å². The Morgan fingerprint density at radius 1 is 1.35 bits per heavy atom. The van der Waals surface area contributed by atoms with Crippen LogP contribution in [-0.2, 0) is 14.3 Å². The van der Waals surface area contributed by atoms with Crippen LogP contribution in [0.2, 0.25) is 0 Å². The number of hydrogen-bond acceptors (Lipinski definition) is 8. The molecule has 8 nitrogen and oxygen atoms in total. The fraction of sp³-hybridized carbons (Fsp3) is 0.778. The number of aliphatic hydroxyl groups excluding tert-OH is 4. The highest BCUT2D eigenvalue weighted by Gasteiger charge is 2.33. The summed E-state index contributed by atoms with van der Waals surface area (Å²) in [4.78, 5) is 21.7. The maximum absolute atomic E-state index is 11.1. The zero-order valence-electron chi connectivity index (χ0n) is 9.26. The second kappa shape index (κ2) is 7.30. The largest absolute Gasteiger partial charge is 0.451 e. The molecule has 5 unspecified atom stereocenters. The first-order valence-electron chi connectivity index (χ1n) is 4.91. The van der Waals surface area contributed by atoms with Gasteiger partial charge in [0.1, 0.15) is 24.4 Å². The van der Waals surface area contributed by atoms with Crippen LogP contribution in [0.1, 0.15) is 6.92 Å². The fourth-order valence-electron chi connectivity index (χ4n) is 0.949. The van der Waals surface area contributed by atoms with Crippen LogP contribution in [0.25, 0.3) is 0 Å². The van der Waals surface area contributed by atoms with Crippen LogP contribution in [0.5, 0.6) is 0 Å². The summed E-state index contributed by atoms with van der Waals surface area (Å²) in [6.45, 7) is 0.501. The van der Waals surface area contributed by atoms with Gasteiger partial charge in [0, 0.05) is 0 Å². The van der Waals surface area contributed by atoms with Gasteiger partial charge in [-0.1, -0.05) is 0 Å². The molecule has 0 saturated carbocycles. The molecule has 0 radical (unpaired) electrons. The van der Waals surface area contributed by atoms with Gasteiger partial charge in [0.2, 0.25) is 0 Å². The van der Waals surface area contributed by atoms with Crippen LogP contribution in [-0.4, -0.2) is 69.7 Å². The molecule has 0 amide bonds. The Balaban J connectivity index is 4.55. The molecule has 100 valence electrons. The lowest BCUT2D eigenvalue weighted by Crippen LogP contribution is -2.49. The van der Waals surface area contributed by atoms with Crippen LogP contribution in [0.4, 0.5) is 0 Å². The highest BCUT2D eigenvalue weighted by atomic mass is 16.6. The van der Waals surface area contributed by atoms with Crippen LogP contribution in [0, 0.1) is 0 Å². The first-order valence-corrected chi connectivity index (χ1v) is 4.91. The number of carbonyl (C=O) groups is 2. The zero-order chi connectivity index (χ0) is 13.6. The Bertz CT molecular complexity index is 258. The molecule has 0 aliphatic carbocycles. The molecular weight excluding hydrogens is 234 g/mol. The lowest BCUT2D eigenvalue weighted by Gasteiger charge is -2.25. The average Bonchev–Trinajstić information content (AvgIpc) is 2.32. The Morgan fingerprint density at radius 2 is 1.88 bits per heavy atom. The molecule has 6 N–H and O–H groups in total. The molecule has 0 aromatic heterocycles. The lowest BCUT2D eigenvalue weighted by atomic mass is 10.0. The number of ether oxygens (including phenoxy) is 1. The van der Waals surface area contributed by atoms with Crippen molar-refractivity contribution in [2.45, 2.75) is 37.4 Å². The van der Waals surface area contributed by atoms with Crippen molar-refractivity contribution >= 4 is 12.3 Å². The van der Waals surface area contributed by atoms with Crippen molar-refractivity contribution in [2.75, 3.05) is 6.61 Å². The third kappa shape index (κ3) is 4.75. The fourth-order valence-corrected chi connectivity index (χ4v) is 0.949. The van der Waals surface area contributed by atoms with Gasteiger partial charge in [0.15, 0.2) is 12.4 Å². The van der Waals surface area contributed by atoms with Gasteiger partial charge >= 0.3 is 5.97 Å². The van der Waals surface area contributed by atoms with Crippen LogP contribution in [0.3, 0.4) is 0 Å². The molecule has 0 saturated heterocycles.